The molecule has 22 heavy (non-hydrogen) atoms. The van der Waals surface area contributed by atoms with E-state index in [4.69, 9.17) is 23.2 Å². The Morgan fingerprint density at radius 2 is 1.00 bits per heavy atom. The molecule has 0 atom stereocenters. The number of rotatable bonds is 17. The molecule has 0 heterocycles. The molecular weight excluding hydrogens is 311 g/mol. The summed E-state index contributed by atoms with van der Waals surface area (Å²) in [6, 6.07) is 0. The topological polar surface area (TPSA) is 0 Å². The van der Waals surface area contributed by atoms with Crippen molar-refractivity contribution in [2.45, 2.75) is 114 Å². The molecule has 0 N–H and O–H groups in total. The van der Waals surface area contributed by atoms with Crippen LogP contribution in [-0.2, 0) is 0 Å². The SMILES string of the molecule is CCCCCCCCCCC=CCCCCCCCC(Cl)Cl. The molecule has 0 spiro atoms. The maximum absolute atomic E-state index is 5.71. The molecule has 0 saturated heterocycles. The molecule has 0 aliphatic rings. The van der Waals surface area contributed by atoms with Crippen molar-refractivity contribution in [1.82, 2.24) is 0 Å². The van der Waals surface area contributed by atoms with E-state index >= 15 is 0 Å². The van der Waals surface area contributed by atoms with Crippen molar-refractivity contribution >= 4 is 23.2 Å². The fourth-order valence-electron chi connectivity index (χ4n) is 2.72. The van der Waals surface area contributed by atoms with Crippen LogP contribution in [0.15, 0.2) is 12.2 Å². The number of hydrogen-bond donors (Lipinski definition) is 0. The van der Waals surface area contributed by atoms with Crippen molar-refractivity contribution in [3.63, 3.8) is 0 Å². The van der Waals surface area contributed by atoms with Crippen molar-refractivity contribution in [1.29, 1.82) is 0 Å². The molecule has 0 aromatic heterocycles. The minimum Gasteiger partial charge on any atom is -0.105 e. The van der Waals surface area contributed by atoms with E-state index in [1.165, 1.54) is 96.3 Å². The zero-order valence-corrected chi connectivity index (χ0v) is 16.3. The Morgan fingerprint density at radius 3 is 1.45 bits per heavy atom. The second-order valence-electron chi connectivity index (χ2n) is 6.47. The summed E-state index contributed by atoms with van der Waals surface area (Å²) in [6.07, 6.45) is 26.0. The lowest BCUT2D eigenvalue weighted by molar-refractivity contribution is 0.577. The van der Waals surface area contributed by atoms with Crippen molar-refractivity contribution in [2.24, 2.45) is 0 Å². The summed E-state index contributed by atoms with van der Waals surface area (Å²) < 4.78 is 0. The average molecular weight is 349 g/mol. The van der Waals surface area contributed by atoms with Gasteiger partial charge in [-0.15, -0.1) is 23.2 Å². The highest BCUT2D eigenvalue weighted by Crippen LogP contribution is 2.14. The van der Waals surface area contributed by atoms with Gasteiger partial charge in [0.15, 0.2) is 0 Å². The zero-order chi connectivity index (χ0) is 16.3. The standard InChI is InChI=1S/C20H38Cl2/c1-2-3-4-5-6-7-8-9-10-11-12-13-14-15-16-17-18-19-20(21)22/h11-12,20H,2-10,13-19H2,1H3. The molecule has 0 unspecified atom stereocenters. The van der Waals surface area contributed by atoms with Gasteiger partial charge in [0.2, 0.25) is 0 Å². The Bertz CT molecular complexity index is 224. The van der Waals surface area contributed by atoms with E-state index in [1.54, 1.807) is 0 Å². The van der Waals surface area contributed by atoms with E-state index in [2.05, 4.69) is 19.1 Å². The van der Waals surface area contributed by atoms with Gasteiger partial charge in [-0.2, -0.15) is 0 Å². The van der Waals surface area contributed by atoms with Gasteiger partial charge >= 0.3 is 0 Å². The van der Waals surface area contributed by atoms with Gasteiger partial charge in [0, 0.05) is 0 Å². The van der Waals surface area contributed by atoms with Gasteiger partial charge in [-0.1, -0.05) is 89.7 Å². The van der Waals surface area contributed by atoms with Crippen LogP contribution < -0.4 is 0 Å². The third-order valence-electron chi connectivity index (χ3n) is 4.18. The van der Waals surface area contributed by atoms with Gasteiger partial charge < -0.3 is 0 Å². The van der Waals surface area contributed by atoms with Crippen LogP contribution in [-0.4, -0.2) is 4.84 Å². The molecule has 0 aromatic carbocycles. The highest BCUT2D eigenvalue weighted by atomic mass is 35.5. The fraction of sp³-hybridized carbons (Fsp3) is 0.900. The van der Waals surface area contributed by atoms with Crippen molar-refractivity contribution < 1.29 is 0 Å². The van der Waals surface area contributed by atoms with Gasteiger partial charge in [-0.3, -0.25) is 0 Å². The van der Waals surface area contributed by atoms with E-state index in [9.17, 15) is 0 Å². The van der Waals surface area contributed by atoms with E-state index in [1.807, 2.05) is 0 Å². The van der Waals surface area contributed by atoms with E-state index in [0.29, 0.717) is 0 Å². The van der Waals surface area contributed by atoms with Gasteiger partial charge in [0.1, 0.15) is 4.84 Å². The molecule has 0 fully saturated rings. The summed E-state index contributed by atoms with van der Waals surface area (Å²) in [5, 5.41) is 0. The maximum Gasteiger partial charge on any atom is 0.107 e. The quantitative estimate of drug-likeness (QED) is 0.140. The lowest BCUT2D eigenvalue weighted by atomic mass is 10.1. The van der Waals surface area contributed by atoms with Gasteiger partial charge in [0.05, 0.1) is 0 Å². The van der Waals surface area contributed by atoms with Crippen molar-refractivity contribution in [3.05, 3.63) is 12.2 Å². The molecule has 132 valence electrons. The first-order chi connectivity index (χ1) is 10.8. The second kappa shape index (κ2) is 19.4. The number of halogens is 2. The van der Waals surface area contributed by atoms with E-state index in [-0.39, 0.29) is 4.84 Å². The first kappa shape index (κ1) is 22.3. The minimum atomic E-state index is -0.167. The molecule has 0 aliphatic carbocycles. The highest BCUT2D eigenvalue weighted by Gasteiger charge is 1.97. The Hall–Kier alpha value is 0.320. The lowest BCUT2D eigenvalue weighted by Crippen LogP contribution is -1.86. The predicted molar refractivity (Wildman–Crippen MR) is 104 cm³/mol. The van der Waals surface area contributed by atoms with E-state index in [0.717, 1.165) is 6.42 Å². The molecule has 0 aromatic rings. The maximum atomic E-state index is 5.71. The third kappa shape index (κ3) is 20.3. The van der Waals surface area contributed by atoms with Crippen LogP contribution in [0.3, 0.4) is 0 Å². The highest BCUT2D eigenvalue weighted by molar-refractivity contribution is 6.44. The molecule has 0 rings (SSSR count). The van der Waals surface area contributed by atoms with Crippen LogP contribution >= 0.6 is 23.2 Å². The van der Waals surface area contributed by atoms with Crippen LogP contribution in [0.25, 0.3) is 0 Å². The Morgan fingerprint density at radius 1 is 0.591 bits per heavy atom. The van der Waals surface area contributed by atoms with Crippen molar-refractivity contribution in [2.75, 3.05) is 0 Å². The smallest absolute Gasteiger partial charge is 0.105 e. The van der Waals surface area contributed by atoms with Crippen LogP contribution in [0.1, 0.15) is 110 Å². The predicted octanol–water partition coefficient (Wildman–Crippen LogP) is 8.61. The van der Waals surface area contributed by atoms with Crippen LogP contribution in [0.4, 0.5) is 0 Å². The minimum absolute atomic E-state index is 0.167. The first-order valence-electron chi connectivity index (χ1n) is 9.70. The molecule has 2 heteroatoms. The third-order valence-corrected chi connectivity index (χ3v) is 4.62. The first-order valence-corrected chi connectivity index (χ1v) is 10.6. The Balaban J connectivity index is 3.06. The van der Waals surface area contributed by atoms with Gasteiger partial charge in [-0.25, -0.2) is 0 Å². The Kier molecular flexibility index (Phi) is 19.6. The zero-order valence-electron chi connectivity index (χ0n) is 14.8. The summed E-state index contributed by atoms with van der Waals surface area (Å²) in [6.45, 7) is 2.28. The van der Waals surface area contributed by atoms with Gasteiger partial charge in [-0.05, 0) is 32.1 Å². The van der Waals surface area contributed by atoms with Gasteiger partial charge in [0.25, 0.3) is 0 Å². The number of allylic oxidation sites excluding steroid dienone is 2. The summed E-state index contributed by atoms with van der Waals surface area (Å²) in [5.41, 5.74) is 0. The molecular formula is C20H38Cl2. The largest absolute Gasteiger partial charge is 0.107 e. The number of unbranched alkanes of at least 4 members (excludes halogenated alkanes) is 13. The average Bonchev–Trinajstić information content (AvgIpc) is 2.50. The van der Waals surface area contributed by atoms with Crippen molar-refractivity contribution in [3.8, 4) is 0 Å². The molecule has 0 aliphatic heterocycles. The summed E-state index contributed by atoms with van der Waals surface area (Å²) in [7, 11) is 0. The fourth-order valence-corrected chi connectivity index (χ4v) is 3.03. The number of alkyl halides is 2. The second-order valence-corrected chi connectivity index (χ2v) is 7.75. The summed E-state index contributed by atoms with van der Waals surface area (Å²) in [4.78, 5) is -0.167. The molecule has 0 radical (unpaired) electrons. The number of hydrogen-bond acceptors (Lipinski definition) is 0. The molecule has 0 bridgehead atoms. The van der Waals surface area contributed by atoms with Crippen LogP contribution in [0, 0.1) is 0 Å². The monoisotopic (exact) mass is 348 g/mol. The normalized spacial score (nSPS) is 11.8. The van der Waals surface area contributed by atoms with Crippen LogP contribution in [0.5, 0.6) is 0 Å². The summed E-state index contributed by atoms with van der Waals surface area (Å²) in [5.74, 6) is 0. The summed E-state index contributed by atoms with van der Waals surface area (Å²) >= 11 is 11.4. The lowest BCUT2D eigenvalue weighted by Gasteiger charge is -2.01. The molecule has 0 nitrogen and oxygen atoms in total. The van der Waals surface area contributed by atoms with E-state index < -0.39 is 0 Å². The van der Waals surface area contributed by atoms with Crippen LogP contribution in [0.2, 0.25) is 0 Å². The molecule has 0 amide bonds. The Labute approximate surface area is 150 Å². The molecule has 0 saturated carbocycles.